The Hall–Kier alpha value is -2.21. The Balaban J connectivity index is 1.52. The van der Waals surface area contributed by atoms with Crippen molar-refractivity contribution in [2.75, 3.05) is 13.1 Å². The largest absolute Gasteiger partial charge is 0.322 e. The molecule has 6 nitrogen and oxygen atoms in total. The van der Waals surface area contributed by atoms with E-state index in [0.717, 1.165) is 25.1 Å². The summed E-state index contributed by atoms with van der Waals surface area (Å²) in [6, 6.07) is 5.46. The van der Waals surface area contributed by atoms with Gasteiger partial charge in [0.1, 0.15) is 6.04 Å². The van der Waals surface area contributed by atoms with Crippen LogP contribution in [-0.2, 0) is 22.6 Å². The zero-order valence-corrected chi connectivity index (χ0v) is 12.8. The summed E-state index contributed by atoms with van der Waals surface area (Å²) >= 11 is 0. The second-order valence-corrected chi connectivity index (χ2v) is 6.62. The fraction of sp³-hybridized carbons (Fsp3) is 0.471. The van der Waals surface area contributed by atoms with Crippen LogP contribution >= 0.6 is 0 Å². The molecule has 3 amide bonds. The summed E-state index contributed by atoms with van der Waals surface area (Å²) in [4.78, 5) is 37.5. The minimum atomic E-state index is -0.535. The van der Waals surface area contributed by atoms with E-state index in [0.29, 0.717) is 24.4 Å². The lowest BCUT2D eigenvalue weighted by atomic mass is 9.93. The van der Waals surface area contributed by atoms with E-state index in [2.05, 4.69) is 16.7 Å². The van der Waals surface area contributed by atoms with Crippen LogP contribution in [0, 0.1) is 5.92 Å². The fourth-order valence-corrected chi connectivity index (χ4v) is 3.58. The van der Waals surface area contributed by atoms with Crippen molar-refractivity contribution in [1.29, 1.82) is 0 Å². The van der Waals surface area contributed by atoms with E-state index in [1.165, 1.54) is 5.56 Å². The second kappa shape index (κ2) is 5.45. The Morgan fingerprint density at radius 1 is 1.17 bits per heavy atom. The van der Waals surface area contributed by atoms with Crippen LogP contribution in [0.3, 0.4) is 0 Å². The lowest BCUT2D eigenvalue weighted by Crippen LogP contribution is -2.52. The number of carbonyl (C=O) groups is 3. The molecule has 1 aromatic carbocycles. The average Bonchev–Trinajstić information content (AvgIpc) is 2.80. The van der Waals surface area contributed by atoms with E-state index in [-0.39, 0.29) is 24.1 Å². The van der Waals surface area contributed by atoms with Crippen LogP contribution in [-0.4, -0.2) is 41.8 Å². The first-order valence-corrected chi connectivity index (χ1v) is 8.09. The van der Waals surface area contributed by atoms with Crippen molar-refractivity contribution in [3.63, 3.8) is 0 Å². The van der Waals surface area contributed by atoms with E-state index >= 15 is 0 Å². The van der Waals surface area contributed by atoms with Crippen LogP contribution in [0.1, 0.15) is 34.3 Å². The molecule has 1 unspecified atom stereocenters. The van der Waals surface area contributed by atoms with Gasteiger partial charge < -0.3 is 10.2 Å². The molecular formula is C17H19N3O3. The SMILES string of the molecule is O=C1CCC(N2Cc3cc(CC4CNC4)ccc3C2=O)C(=O)N1. The smallest absolute Gasteiger partial charge is 0.255 e. The normalized spacial score (nSPS) is 24.4. The van der Waals surface area contributed by atoms with Crippen molar-refractivity contribution in [3.05, 3.63) is 34.9 Å². The van der Waals surface area contributed by atoms with E-state index in [4.69, 9.17) is 0 Å². The highest BCUT2D eigenvalue weighted by molar-refractivity contribution is 6.05. The second-order valence-electron chi connectivity index (χ2n) is 6.62. The molecule has 1 aromatic rings. The van der Waals surface area contributed by atoms with Crippen LogP contribution in [0.25, 0.3) is 0 Å². The minimum absolute atomic E-state index is 0.105. The van der Waals surface area contributed by atoms with Crippen LogP contribution in [0.4, 0.5) is 0 Å². The lowest BCUT2D eigenvalue weighted by molar-refractivity contribution is -0.136. The molecule has 0 aromatic heterocycles. The summed E-state index contributed by atoms with van der Waals surface area (Å²) in [5.74, 6) is -0.0438. The Bertz CT molecular complexity index is 696. The Morgan fingerprint density at radius 2 is 2.00 bits per heavy atom. The van der Waals surface area contributed by atoms with Gasteiger partial charge >= 0.3 is 0 Å². The zero-order chi connectivity index (χ0) is 16.0. The predicted octanol–water partition coefficient (Wildman–Crippen LogP) is 0.210. The predicted molar refractivity (Wildman–Crippen MR) is 82.6 cm³/mol. The highest BCUT2D eigenvalue weighted by Crippen LogP contribution is 2.29. The van der Waals surface area contributed by atoms with E-state index in [1.807, 2.05) is 12.1 Å². The third-order valence-corrected chi connectivity index (χ3v) is 4.98. The summed E-state index contributed by atoms with van der Waals surface area (Å²) in [5.41, 5.74) is 2.92. The molecule has 1 atom stereocenters. The third kappa shape index (κ3) is 2.53. The van der Waals surface area contributed by atoms with Crippen LogP contribution in [0.15, 0.2) is 18.2 Å². The number of carbonyl (C=O) groups excluding carboxylic acids is 3. The monoisotopic (exact) mass is 313 g/mol. The summed E-state index contributed by atoms with van der Waals surface area (Å²) in [6.07, 6.45) is 1.72. The molecule has 2 N–H and O–H groups in total. The molecule has 2 fully saturated rings. The number of benzene rings is 1. The molecular weight excluding hydrogens is 294 g/mol. The topological polar surface area (TPSA) is 78.5 Å². The number of hydrogen-bond acceptors (Lipinski definition) is 4. The van der Waals surface area contributed by atoms with Crippen molar-refractivity contribution in [2.45, 2.75) is 31.8 Å². The van der Waals surface area contributed by atoms with E-state index in [1.54, 1.807) is 4.90 Å². The lowest BCUT2D eigenvalue weighted by Gasteiger charge is -2.29. The van der Waals surface area contributed by atoms with Gasteiger partial charge in [-0.05, 0) is 49.0 Å². The zero-order valence-electron chi connectivity index (χ0n) is 12.8. The van der Waals surface area contributed by atoms with Crippen molar-refractivity contribution in [1.82, 2.24) is 15.5 Å². The van der Waals surface area contributed by atoms with E-state index < -0.39 is 6.04 Å². The first-order valence-electron chi connectivity index (χ1n) is 8.09. The van der Waals surface area contributed by atoms with Gasteiger partial charge in [-0.25, -0.2) is 0 Å². The number of nitrogens with one attached hydrogen (secondary N) is 2. The maximum atomic E-state index is 12.6. The molecule has 3 heterocycles. The molecule has 0 spiro atoms. The number of rotatable bonds is 3. The van der Waals surface area contributed by atoms with Crippen molar-refractivity contribution >= 4 is 17.7 Å². The van der Waals surface area contributed by atoms with Crippen LogP contribution < -0.4 is 10.6 Å². The Labute approximate surface area is 134 Å². The molecule has 3 aliphatic heterocycles. The maximum Gasteiger partial charge on any atom is 0.255 e. The number of fused-ring (bicyclic) bond motifs is 1. The molecule has 120 valence electrons. The van der Waals surface area contributed by atoms with Crippen LogP contribution in [0.5, 0.6) is 0 Å². The molecule has 0 aliphatic carbocycles. The molecule has 2 saturated heterocycles. The Kier molecular flexibility index (Phi) is 3.41. The van der Waals surface area contributed by atoms with Gasteiger partial charge in [0.15, 0.2) is 0 Å². The number of nitrogens with zero attached hydrogens (tertiary/aromatic N) is 1. The van der Waals surface area contributed by atoms with Gasteiger partial charge in [-0.3, -0.25) is 19.7 Å². The molecule has 6 heteroatoms. The number of piperidine rings is 1. The first-order chi connectivity index (χ1) is 11.1. The standard InChI is InChI=1S/C17H19N3O3/c21-15-4-3-14(16(22)19-15)20-9-12-6-10(5-11-7-18-8-11)1-2-13(12)17(20)23/h1-2,6,11,14,18H,3-5,7-9H2,(H,19,21,22). The van der Waals surface area contributed by atoms with Gasteiger partial charge in [0.25, 0.3) is 5.91 Å². The van der Waals surface area contributed by atoms with Crippen LogP contribution in [0.2, 0.25) is 0 Å². The third-order valence-electron chi connectivity index (χ3n) is 4.98. The number of amides is 3. The molecule has 3 aliphatic rings. The van der Waals surface area contributed by atoms with Gasteiger partial charge in [-0.2, -0.15) is 0 Å². The van der Waals surface area contributed by atoms with Crippen molar-refractivity contribution in [3.8, 4) is 0 Å². The highest BCUT2D eigenvalue weighted by Gasteiger charge is 2.39. The van der Waals surface area contributed by atoms with Gasteiger partial charge in [-0.15, -0.1) is 0 Å². The van der Waals surface area contributed by atoms with Gasteiger partial charge in [0.05, 0.1) is 0 Å². The summed E-state index contributed by atoms with van der Waals surface area (Å²) in [7, 11) is 0. The van der Waals surface area contributed by atoms with Gasteiger partial charge in [0, 0.05) is 18.5 Å². The molecule has 0 bridgehead atoms. The molecule has 0 radical (unpaired) electrons. The summed E-state index contributed by atoms with van der Waals surface area (Å²) in [5, 5.41) is 5.59. The highest BCUT2D eigenvalue weighted by atomic mass is 16.2. The average molecular weight is 313 g/mol. The van der Waals surface area contributed by atoms with E-state index in [9.17, 15) is 14.4 Å². The van der Waals surface area contributed by atoms with Crippen molar-refractivity contribution < 1.29 is 14.4 Å². The van der Waals surface area contributed by atoms with Crippen molar-refractivity contribution in [2.24, 2.45) is 5.92 Å². The fourth-order valence-electron chi connectivity index (χ4n) is 3.58. The quantitative estimate of drug-likeness (QED) is 0.782. The van der Waals surface area contributed by atoms with Gasteiger partial charge in [-0.1, -0.05) is 12.1 Å². The summed E-state index contributed by atoms with van der Waals surface area (Å²) in [6.45, 7) is 2.56. The molecule has 4 rings (SSSR count). The molecule has 23 heavy (non-hydrogen) atoms. The summed E-state index contributed by atoms with van der Waals surface area (Å²) < 4.78 is 0. The minimum Gasteiger partial charge on any atom is -0.322 e. The van der Waals surface area contributed by atoms with Gasteiger partial charge in [0.2, 0.25) is 11.8 Å². The number of hydrogen-bond donors (Lipinski definition) is 2. The Morgan fingerprint density at radius 3 is 2.70 bits per heavy atom. The molecule has 0 saturated carbocycles. The number of imide groups is 1. The first kappa shape index (κ1) is 14.4. The maximum absolute atomic E-state index is 12.6.